The number of rotatable bonds is 12. The second-order valence-electron chi connectivity index (χ2n) is 11.7. The first-order valence-electron chi connectivity index (χ1n) is 14.3. The van der Waals surface area contributed by atoms with Crippen LogP contribution in [0.15, 0.2) is 30.3 Å². The number of fused-ring (bicyclic) bond motifs is 1. The molecule has 2 saturated heterocycles. The highest BCUT2D eigenvalue weighted by Gasteiger charge is 2.39. The number of unbranched alkanes of at least 4 members (excludes halogenated alkanes) is 1. The van der Waals surface area contributed by atoms with Crippen LogP contribution >= 0.6 is 22.6 Å². The van der Waals surface area contributed by atoms with Crippen LogP contribution in [0.25, 0.3) is 0 Å². The van der Waals surface area contributed by atoms with Gasteiger partial charge < -0.3 is 14.8 Å². The zero-order chi connectivity index (χ0) is 28.1. The predicted octanol–water partition coefficient (Wildman–Crippen LogP) is 5.59. The number of ether oxygens (including phenoxy) is 2. The maximum absolute atomic E-state index is 14.4. The molecule has 0 radical (unpaired) electrons. The molecule has 1 aromatic heterocycles. The number of aromatic nitrogens is 1. The summed E-state index contributed by atoms with van der Waals surface area (Å²) >= 11 is 2.53. The number of carbonyl (C=O) groups is 1. The third kappa shape index (κ3) is 7.06. The van der Waals surface area contributed by atoms with Crippen molar-refractivity contribution in [2.45, 2.75) is 61.8 Å². The molecule has 218 valence electrons. The van der Waals surface area contributed by atoms with Gasteiger partial charge in [0, 0.05) is 33.7 Å². The molecule has 10 heteroatoms. The van der Waals surface area contributed by atoms with Crippen molar-refractivity contribution in [3.63, 3.8) is 0 Å². The summed E-state index contributed by atoms with van der Waals surface area (Å²) in [7, 11) is 0. The van der Waals surface area contributed by atoms with Crippen molar-refractivity contribution in [1.82, 2.24) is 9.88 Å². The van der Waals surface area contributed by atoms with E-state index in [1.807, 2.05) is 4.90 Å². The maximum Gasteiger partial charge on any atom is 0.363 e. The third-order valence-corrected chi connectivity index (χ3v) is 9.94. The van der Waals surface area contributed by atoms with Gasteiger partial charge in [0.2, 0.25) is 0 Å². The van der Waals surface area contributed by atoms with E-state index in [1.54, 1.807) is 6.07 Å². The Morgan fingerprint density at radius 1 is 1.32 bits per heavy atom. The van der Waals surface area contributed by atoms with E-state index in [2.05, 4.69) is 51.9 Å². The Hall–Kier alpha value is -2.02. The van der Waals surface area contributed by atoms with Crippen molar-refractivity contribution in [3.8, 4) is 5.75 Å². The summed E-state index contributed by atoms with van der Waals surface area (Å²) in [6, 6.07) is 7.61. The maximum atomic E-state index is 14.4. The molecule has 0 spiro atoms. The number of halogens is 2. The molecule has 40 heavy (non-hydrogen) atoms. The Morgan fingerprint density at radius 3 is 2.95 bits per heavy atom. The zero-order valence-electron chi connectivity index (χ0n) is 23.0. The van der Waals surface area contributed by atoms with Gasteiger partial charge in [-0.25, -0.2) is 14.2 Å². The summed E-state index contributed by atoms with van der Waals surface area (Å²) in [5.41, 5.74) is 2.72. The lowest BCUT2D eigenvalue weighted by molar-refractivity contribution is -0.240. The number of alkyl halides is 1. The normalized spacial score (nSPS) is 21.6. The van der Waals surface area contributed by atoms with Crippen molar-refractivity contribution in [2.75, 3.05) is 44.8 Å². The quantitative estimate of drug-likeness (QED) is 0.0996. The van der Waals surface area contributed by atoms with E-state index in [0.717, 1.165) is 63.0 Å². The lowest BCUT2D eigenvalue weighted by atomic mass is 9.90. The molecule has 1 aromatic carbocycles. The third-order valence-electron chi connectivity index (χ3n) is 8.30. The highest BCUT2D eigenvalue weighted by atomic mass is 127. The van der Waals surface area contributed by atoms with Gasteiger partial charge in [-0.05, 0) is 80.8 Å². The molecule has 3 aliphatic rings. The number of anilines is 1. The largest absolute Gasteiger partial charge is 0.492 e. The second-order valence-corrected chi connectivity index (χ2v) is 13.3. The molecule has 5 rings (SSSR count). The number of hydrogen-bond donors (Lipinski definition) is 2. The van der Waals surface area contributed by atoms with Crippen LogP contribution in [0.3, 0.4) is 0 Å². The molecule has 0 saturated carbocycles. The Labute approximate surface area is 249 Å². The number of nitrogens with one attached hydrogen (secondary N) is 1. The summed E-state index contributed by atoms with van der Waals surface area (Å²) < 4.78 is 26.2. The Morgan fingerprint density at radius 2 is 2.17 bits per heavy atom. The van der Waals surface area contributed by atoms with Crippen LogP contribution in [-0.4, -0.2) is 64.5 Å². The Kier molecular flexibility index (Phi) is 9.80. The highest BCUT2D eigenvalue weighted by Crippen LogP contribution is 2.38. The molecule has 0 aliphatic carbocycles. The van der Waals surface area contributed by atoms with Crippen molar-refractivity contribution in [1.29, 1.82) is 0 Å². The number of nitrogens with zero attached hydrogens (tertiary/aromatic N) is 2. The SMILES string of the molecule is CC1(COc2ccc(F)cc2[C@H](C(=O)OO)N2CCC([C@H](I)CCCCc3ccc4c(n3)NCCC4)C2)COC1. The minimum absolute atomic E-state index is 0.112. The molecule has 2 N–H and O–H groups in total. The summed E-state index contributed by atoms with van der Waals surface area (Å²) in [4.78, 5) is 23.8. The van der Waals surface area contributed by atoms with Crippen LogP contribution in [-0.2, 0) is 27.3 Å². The summed E-state index contributed by atoms with van der Waals surface area (Å²) in [6.07, 6.45) is 7.40. The lowest BCUT2D eigenvalue weighted by Gasteiger charge is -2.38. The molecular formula is C30H39FIN3O5. The van der Waals surface area contributed by atoms with E-state index < -0.39 is 17.8 Å². The number of benzene rings is 1. The van der Waals surface area contributed by atoms with Gasteiger partial charge in [0.25, 0.3) is 0 Å². The predicted molar refractivity (Wildman–Crippen MR) is 158 cm³/mol. The van der Waals surface area contributed by atoms with E-state index in [1.165, 1.54) is 17.7 Å². The molecule has 3 aliphatic heterocycles. The monoisotopic (exact) mass is 667 g/mol. The minimum Gasteiger partial charge on any atom is -0.492 e. The van der Waals surface area contributed by atoms with Crippen molar-refractivity contribution < 1.29 is 28.8 Å². The van der Waals surface area contributed by atoms with E-state index in [9.17, 15) is 14.4 Å². The zero-order valence-corrected chi connectivity index (χ0v) is 25.2. The van der Waals surface area contributed by atoms with Crippen molar-refractivity contribution >= 4 is 34.4 Å². The van der Waals surface area contributed by atoms with Crippen LogP contribution in [0.1, 0.15) is 61.9 Å². The van der Waals surface area contributed by atoms with Gasteiger partial charge in [0.05, 0.1) is 19.8 Å². The van der Waals surface area contributed by atoms with Gasteiger partial charge in [-0.15, -0.1) is 0 Å². The number of aryl methyl sites for hydroxylation is 2. The van der Waals surface area contributed by atoms with Crippen molar-refractivity contribution in [3.05, 3.63) is 53.0 Å². The molecule has 2 aromatic rings. The minimum atomic E-state index is -0.946. The van der Waals surface area contributed by atoms with Gasteiger partial charge in [-0.1, -0.05) is 42.0 Å². The fourth-order valence-electron chi connectivity index (χ4n) is 5.91. The summed E-state index contributed by atoms with van der Waals surface area (Å²) in [5.74, 6) is 0.556. The topological polar surface area (TPSA) is 93.2 Å². The average Bonchev–Trinajstić information content (AvgIpc) is 3.43. The van der Waals surface area contributed by atoms with Crippen LogP contribution in [0.5, 0.6) is 5.75 Å². The Balaban J connectivity index is 1.17. The van der Waals surface area contributed by atoms with Gasteiger partial charge in [0.15, 0.2) is 0 Å². The van der Waals surface area contributed by atoms with Gasteiger partial charge >= 0.3 is 5.97 Å². The molecule has 3 atom stereocenters. The molecule has 2 fully saturated rings. The van der Waals surface area contributed by atoms with E-state index >= 15 is 0 Å². The molecule has 0 amide bonds. The average molecular weight is 668 g/mol. The van der Waals surface area contributed by atoms with Crippen LogP contribution in [0.2, 0.25) is 0 Å². The molecule has 0 bridgehead atoms. The Bertz CT molecular complexity index is 1180. The highest BCUT2D eigenvalue weighted by molar-refractivity contribution is 14.1. The number of likely N-dealkylation sites (tertiary alicyclic amines) is 1. The van der Waals surface area contributed by atoms with E-state index in [4.69, 9.17) is 14.5 Å². The lowest BCUT2D eigenvalue weighted by Crippen LogP contribution is -2.44. The molecule has 8 nitrogen and oxygen atoms in total. The van der Waals surface area contributed by atoms with Gasteiger partial charge in [-0.2, -0.15) is 5.26 Å². The van der Waals surface area contributed by atoms with E-state index in [0.29, 0.717) is 54.1 Å². The molecular weight excluding hydrogens is 628 g/mol. The number of carbonyl (C=O) groups excluding carboxylic acids is 1. The standard InChI is InChI=1S/C30H39FIN3O5/c1-30(17-38-18-30)19-39-26-11-9-22(31)15-24(26)27(29(36)40-37)35-14-12-21(16-35)25(32)7-3-2-6-23-10-8-20-5-4-13-33-28(20)34-23/h8-11,15,21,25,27,37H,2-7,12-14,16-19H2,1H3,(H,33,34)/t21?,25-,27-/m1/s1. The van der Waals surface area contributed by atoms with Gasteiger partial charge in [-0.3, -0.25) is 9.79 Å². The van der Waals surface area contributed by atoms with E-state index in [-0.39, 0.29) is 5.41 Å². The van der Waals surface area contributed by atoms with Crippen LogP contribution in [0.4, 0.5) is 10.2 Å². The smallest absolute Gasteiger partial charge is 0.363 e. The first kappa shape index (κ1) is 29.5. The fourth-order valence-corrected chi connectivity index (χ4v) is 6.93. The van der Waals surface area contributed by atoms with Crippen LogP contribution in [0, 0.1) is 17.2 Å². The number of hydrogen-bond acceptors (Lipinski definition) is 8. The molecule has 4 heterocycles. The van der Waals surface area contributed by atoms with Crippen LogP contribution < -0.4 is 10.1 Å². The molecule has 1 unspecified atom stereocenters. The first-order valence-corrected chi connectivity index (χ1v) is 15.6. The number of pyridine rings is 1. The second kappa shape index (κ2) is 13.3. The summed E-state index contributed by atoms with van der Waals surface area (Å²) in [6.45, 7) is 5.95. The first-order chi connectivity index (χ1) is 19.3. The van der Waals surface area contributed by atoms with Crippen molar-refractivity contribution in [2.24, 2.45) is 11.3 Å². The fraction of sp³-hybridized carbons (Fsp3) is 0.600. The van der Waals surface area contributed by atoms with Gasteiger partial charge in [0.1, 0.15) is 23.4 Å². The summed E-state index contributed by atoms with van der Waals surface area (Å²) in [5, 5.41) is 12.7.